The van der Waals surface area contributed by atoms with Crippen LogP contribution in [0.1, 0.15) is 39.5 Å². The summed E-state index contributed by atoms with van der Waals surface area (Å²) in [6.45, 7) is 4.66. The van der Waals surface area contributed by atoms with Gasteiger partial charge in [0.15, 0.2) is 0 Å². The Bertz CT molecular complexity index is 204. The summed E-state index contributed by atoms with van der Waals surface area (Å²) >= 11 is 0. The molecule has 0 amide bonds. The molecule has 0 aliphatic heterocycles. The van der Waals surface area contributed by atoms with Crippen molar-refractivity contribution in [2.45, 2.75) is 39.5 Å². The fourth-order valence-corrected chi connectivity index (χ4v) is 1.17. The van der Waals surface area contributed by atoms with Gasteiger partial charge in [0, 0.05) is 5.57 Å². The van der Waals surface area contributed by atoms with Crippen molar-refractivity contribution in [3.8, 4) is 0 Å². The zero-order valence-corrected chi connectivity index (χ0v) is 7.85. The van der Waals surface area contributed by atoms with Gasteiger partial charge in [0.25, 0.3) is 0 Å². The Balaban J connectivity index is 2.25. The minimum Gasteiger partial charge on any atom is -0.462 e. The second kappa shape index (κ2) is 4.29. The van der Waals surface area contributed by atoms with Gasteiger partial charge < -0.3 is 4.74 Å². The van der Waals surface area contributed by atoms with Gasteiger partial charge in [-0.05, 0) is 26.2 Å². The van der Waals surface area contributed by atoms with E-state index in [0.717, 1.165) is 31.3 Å². The van der Waals surface area contributed by atoms with Gasteiger partial charge in [0.1, 0.15) is 0 Å². The van der Waals surface area contributed by atoms with Crippen LogP contribution in [0.2, 0.25) is 0 Å². The van der Waals surface area contributed by atoms with Crippen LogP contribution in [-0.2, 0) is 9.53 Å². The second-order valence-electron chi connectivity index (χ2n) is 3.25. The van der Waals surface area contributed by atoms with E-state index >= 15 is 0 Å². The van der Waals surface area contributed by atoms with E-state index < -0.39 is 0 Å². The monoisotopic (exact) mass is 168 g/mol. The van der Waals surface area contributed by atoms with Crippen molar-refractivity contribution in [3.63, 3.8) is 0 Å². The Morgan fingerprint density at radius 2 is 2.25 bits per heavy atom. The van der Waals surface area contributed by atoms with Crippen LogP contribution in [-0.4, -0.2) is 12.6 Å². The maximum atomic E-state index is 11.2. The summed E-state index contributed by atoms with van der Waals surface area (Å²) < 4.78 is 5.06. The van der Waals surface area contributed by atoms with Crippen molar-refractivity contribution in [2.24, 2.45) is 0 Å². The summed E-state index contributed by atoms with van der Waals surface area (Å²) in [6, 6.07) is 0. The van der Waals surface area contributed by atoms with Crippen molar-refractivity contribution < 1.29 is 9.53 Å². The highest BCUT2D eigenvalue weighted by atomic mass is 16.5. The van der Waals surface area contributed by atoms with Crippen LogP contribution >= 0.6 is 0 Å². The van der Waals surface area contributed by atoms with Gasteiger partial charge in [0.05, 0.1) is 6.61 Å². The van der Waals surface area contributed by atoms with Crippen LogP contribution < -0.4 is 0 Å². The van der Waals surface area contributed by atoms with E-state index in [1.54, 1.807) is 0 Å². The number of ether oxygens (including phenoxy) is 1. The highest BCUT2D eigenvalue weighted by Crippen LogP contribution is 2.27. The predicted octanol–water partition coefficient (Wildman–Crippen LogP) is 2.44. The maximum absolute atomic E-state index is 11.2. The summed E-state index contributed by atoms with van der Waals surface area (Å²) in [5, 5.41) is 0. The Kier molecular flexibility index (Phi) is 3.32. The van der Waals surface area contributed by atoms with Crippen LogP contribution in [0, 0.1) is 0 Å². The van der Waals surface area contributed by atoms with E-state index in [1.165, 1.54) is 5.57 Å². The first-order chi connectivity index (χ1) is 5.75. The first-order valence-corrected chi connectivity index (χ1v) is 4.61. The van der Waals surface area contributed by atoms with E-state index in [9.17, 15) is 4.79 Å². The molecule has 2 heteroatoms. The van der Waals surface area contributed by atoms with E-state index in [2.05, 4.69) is 6.92 Å². The average Bonchev–Trinajstić information content (AvgIpc) is 2.02. The standard InChI is InChI=1S/C10H16O2/c1-3-4-7-12-10(11)9-6-5-8(9)2/h3-7H2,1-2H3. The second-order valence-corrected chi connectivity index (χ2v) is 3.25. The fraction of sp³-hybridized carbons (Fsp3) is 0.700. The number of carbonyl (C=O) groups excluding carboxylic acids is 1. The lowest BCUT2D eigenvalue weighted by atomic mass is 9.90. The molecule has 0 atom stereocenters. The van der Waals surface area contributed by atoms with Gasteiger partial charge in [0.2, 0.25) is 0 Å². The molecule has 0 aromatic carbocycles. The molecule has 1 rings (SSSR count). The van der Waals surface area contributed by atoms with Gasteiger partial charge in [-0.1, -0.05) is 18.9 Å². The van der Waals surface area contributed by atoms with Crippen LogP contribution in [0.5, 0.6) is 0 Å². The van der Waals surface area contributed by atoms with Crippen molar-refractivity contribution in [3.05, 3.63) is 11.1 Å². The Hall–Kier alpha value is -0.790. The Labute approximate surface area is 73.6 Å². The van der Waals surface area contributed by atoms with Gasteiger partial charge in [-0.15, -0.1) is 0 Å². The summed E-state index contributed by atoms with van der Waals surface area (Å²) in [5.74, 6) is -0.0906. The molecule has 0 heterocycles. The summed E-state index contributed by atoms with van der Waals surface area (Å²) in [7, 11) is 0. The maximum Gasteiger partial charge on any atom is 0.333 e. The topological polar surface area (TPSA) is 26.3 Å². The molecule has 0 bridgehead atoms. The quantitative estimate of drug-likeness (QED) is 0.476. The number of esters is 1. The Morgan fingerprint density at radius 3 is 2.67 bits per heavy atom. The molecule has 0 unspecified atom stereocenters. The molecule has 0 N–H and O–H groups in total. The molecular formula is C10H16O2. The lowest BCUT2D eigenvalue weighted by molar-refractivity contribution is -0.139. The van der Waals surface area contributed by atoms with Gasteiger partial charge >= 0.3 is 5.97 Å². The zero-order chi connectivity index (χ0) is 8.97. The molecule has 0 saturated heterocycles. The number of hydrogen-bond donors (Lipinski definition) is 0. The smallest absolute Gasteiger partial charge is 0.333 e. The average molecular weight is 168 g/mol. The normalized spacial score (nSPS) is 15.8. The molecule has 0 radical (unpaired) electrons. The van der Waals surface area contributed by atoms with Crippen LogP contribution in [0.15, 0.2) is 11.1 Å². The highest BCUT2D eigenvalue weighted by Gasteiger charge is 2.20. The van der Waals surface area contributed by atoms with Gasteiger partial charge in [-0.3, -0.25) is 0 Å². The lowest BCUT2D eigenvalue weighted by Crippen LogP contribution is -2.15. The van der Waals surface area contributed by atoms with Crippen molar-refractivity contribution in [1.82, 2.24) is 0 Å². The van der Waals surface area contributed by atoms with E-state index in [4.69, 9.17) is 4.74 Å². The van der Waals surface area contributed by atoms with Crippen molar-refractivity contribution >= 4 is 5.97 Å². The summed E-state index contributed by atoms with van der Waals surface area (Å²) in [5.41, 5.74) is 2.11. The highest BCUT2D eigenvalue weighted by molar-refractivity contribution is 5.90. The zero-order valence-electron chi connectivity index (χ0n) is 7.85. The first-order valence-electron chi connectivity index (χ1n) is 4.61. The molecule has 0 saturated carbocycles. The van der Waals surface area contributed by atoms with Gasteiger partial charge in [-0.25, -0.2) is 4.79 Å². The van der Waals surface area contributed by atoms with Gasteiger partial charge in [-0.2, -0.15) is 0 Å². The molecule has 1 aliphatic carbocycles. The SMILES string of the molecule is CCCCOC(=O)C1=C(C)CC1. The lowest BCUT2D eigenvalue weighted by Gasteiger charge is -2.18. The third-order valence-corrected chi connectivity index (χ3v) is 2.24. The minimum absolute atomic E-state index is 0.0906. The van der Waals surface area contributed by atoms with Crippen LogP contribution in [0.25, 0.3) is 0 Å². The molecule has 0 fully saturated rings. The largest absolute Gasteiger partial charge is 0.462 e. The molecular weight excluding hydrogens is 152 g/mol. The molecule has 2 nitrogen and oxygen atoms in total. The van der Waals surface area contributed by atoms with E-state index in [0.29, 0.717) is 6.61 Å². The molecule has 0 aromatic heterocycles. The van der Waals surface area contributed by atoms with E-state index in [-0.39, 0.29) is 5.97 Å². The van der Waals surface area contributed by atoms with Crippen molar-refractivity contribution in [1.29, 1.82) is 0 Å². The Morgan fingerprint density at radius 1 is 1.50 bits per heavy atom. The van der Waals surface area contributed by atoms with Crippen LogP contribution in [0.3, 0.4) is 0 Å². The number of unbranched alkanes of at least 4 members (excludes halogenated alkanes) is 1. The minimum atomic E-state index is -0.0906. The molecule has 0 aromatic rings. The molecule has 68 valence electrons. The number of rotatable bonds is 4. The molecule has 1 aliphatic rings. The first kappa shape index (κ1) is 9.30. The summed E-state index contributed by atoms with van der Waals surface area (Å²) in [4.78, 5) is 11.2. The number of hydrogen-bond acceptors (Lipinski definition) is 2. The third kappa shape index (κ3) is 2.10. The molecule has 0 spiro atoms. The van der Waals surface area contributed by atoms with Crippen molar-refractivity contribution in [2.75, 3.05) is 6.61 Å². The predicted molar refractivity (Wildman–Crippen MR) is 47.8 cm³/mol. The summed E-state index contributed by atoms with van der Waals surface area (Å²) in [6.07, 6.45) is 4.03. The fourth-order valence-electron chi connectivity index (χ4n) is 1.17. The van der Waals surface area contributed by atoms with E-state index in [1.807, 2.05) is 6.92 Å². The number of carbonyl (C=O) groups is 1. The molecule has 12 heavy (non-hydrogen) atoms. The third-order valence-electron chi connectivity index (χ3n) is 2.24. The van der Waals surface area contributed by atoms with Crippen LogP contribution in [0.4, 0.5) is 0 Å². The number of allylic oxidation sites excluding steroid dienone is 1.